The molecular formula is C16H19N3O3S. The summed E-state index contributed by atoms with van der Waals surface area (Å²) in [5.74, 6) is 0.593. The number of carbonyl (C=O) groups is 1. The lowest BCUT2D eigenvalue weighted by molar-refractivity contribution is 0.102. The fourth-order valence-electron chi connectivity index (χ4n) is 2.67. The Hall–Kier alpha value is -2.15. The summed E-state index contributed by atoms with van der Waals surface area (Å²) < 4.78 is 10.5. The summed E-state index contributed by atoms with van der Waals surface area (Å²) in [6, 6.07) is 5.21. The van der Waals surface area contributed by atoms with Crippen molar-refractivity contribution in [1.82, 2.24) is 10.2 Å². The first-order valence-electron chi connectivity index (χ1n) is 7.44. The summed E-state index contributed by atoms with van der Waals surface area (Å²) in [4.78, 5) is 12.6. The molecule has 1 heterocycles. The van der Waals surface area contributed by atoms with Gasteiger partial charge < -0.3 is 9.47 Å². The Bertz CT molecular complexity index is 703. The van der Waals surface area contributed by atoms with Gasteiger partial charge in [0.15, 0.2) is 0 Å². The number of rotatable bonds is 5. The van der Waals surface area contributed by atoms with E-state index in [1.54, 1.807) is 18.2 Å². The molecule has 0 aliphatic heterocycles. The lowest BCUT2D eigenvalue weighted by Gasteiger charge is -2.35. The first-order valence-corrected chi connectivity index (χ1v) is 8.25. The van der Waals surface area contributed by atoms with Gasteiger partial charge in [0, 0.05) is 5.41 Å². The van der Waals surface area contributed by atoms with Crippen LogP contribution in [-0.2, 0) is 5.41 Å². The van der Waals surface area contributed by atoms with E-state index in [9.17, 15) is 4.79 Å². The molecule has 7 heteroatoms. The van der Waals surface area contributed by atoms with Gasteiger partial charge in [-0.25, -0.2) is 0 Å². The topological polar surface area (TPSA) is 73.3 Å². The Balaban J connectivity index is 1.82. The molecule has 0 atom stereocenters. The Morgan fingerprint density at radius 2 is 1.87 bits per heavy atom. The minimum absolute atomic E-state index is 0.114. The van der Waals surface area contributed by atoms with Crippen LogP contribution in [-0.4, -0.2) is 30.3 Å². The first-order chi connectivity index (χ1) is 11.1. The van der Waals surface area contributed by atoms with Gasteiger partial charge >= 0.3 is 0 Å². The molecule has 1 N–H and O–H groups in total. The first kappa shape index (κ1) is 15.7. The molecule has 0 bridgehead atoms. The molecule has 6 nitrogen and oxygen atoms in total. The van der Waals surface area contributed by atoms with Crippen LogP contribution in [0, 0.1) is 0 Å². The van der Waals surface area contributed by atoms with Gasteiger partial charge in [-0.15, -0.1) is 10.2 Å². The number of benzene rings is 1. The number of carbonyl (C=O) groups excluding carboxylic acids is 1. The zero-order valence-corrected chi connectivity index (χ0v) is 14.2. The average Bonchev–Trinajstić information content (AvgIpc) is 3.00. The SMILES string of the molecule is COc1cccc(OC)c1C(=O)Nc1nnc(C2(C)CCC2)s1. The summed E-state index contributed by atoms with van der Waals surface area (Å²) in [6.45, 7) is 2.19. The third-order valence-corrected chi connectivity index (χ3v) is 5.42. The molecule has 1 aliphatic carbocycles. The van der Waals surface area contributed by atoms with Gasteiger partial charge in [-0.2, -0.15) is 0 Å². The normalized spacial score (nSPS) is 15.6. The van der Waals surface area contributed by atoms with E-state index < -0.39 is 0 Å². The van der Waals surface area contributed by atoms with Crippen LogP contribution >= 0.6 is 11.3 Å². The van der Waals surface area contributed by atoms with Gasteiger partial charge in [0.25, 0.3) is 5.91 Å². The zero-order valence-electron chi connectivity index (χ0n) is 13.4. The van der Waals surface area contributed by atoms with E-state index in [0.29, 0.717) is 22.2 Å². The molecule has 0 saturated heterocycles. The summed E-state index contributed by atoms with van der Waals surface area (Å²) in [5.41, 5.74) is 0.465. The van der Waals surface area contributed by atoms with Crippen molar-refractivity contribution in [3.8, 4) is 11.5 Å². The largest absolute Gasteiger partial charge is 0.496 e. The highest BCUT2D eigenvalue weighted by molar-refractivity contribution is 7.15. The van der Waals surface area contributed by atoms with E-state index in [4.69, 9.17) is 9.47 Å². The van der Waals surface area contributed by atoms with Crippen molar-refractivity contribution in [2.45, 2.75) is 31.6 Å². The van der Waals surface area contributed by atoms with Gasteiger partial charge in [-0.1, -0.05) is 30.7 Å². The van der Waals surface area contributed by atoms with Crippen LogP contribution in [0.5, 0.6) is 11.5 Å². The second-order valence-corrected chi connectivity index (χ2v) is 6.80. The third-order valence-electron chi connectivity index (χ3n) is 4.27. The number of ether oxygens (including phenoxy) is 2. The zero-order chi connectivity index (χ0) is 16.4. The van der Waals surface area contributed by atoms with Crippen LogP contribution in [0.4, 0.5) is 5.13 Å². The Morgan fingerprint density at radius 1 is 1.22 bits per heavy atom. The van der Waals surface area contributed by atoms with E-state index in [-0.39, 0.29) is 11.3 Å². The van der Waals surface area contributed by atoms with Crippen molar-refractivity contribution in [2.75, 3.05) is 19.5 Å². The summed E-state index contributed by atoms with van der Waals surface area (Å²) in [5, 5.41) is 12.6. The number of nitrogens with one attached hydrogen (secondary N) is 1. The van der Waals surface area contributed by atoms with Crippen molar-refractivity contribution in [1.29, 1.82) is 0 Å². The van der Waals surface area contributed by atoms with E-state index in [1.165, 1.54) is 32.0 Å². The number of methoxy groups -OCH3 is 2. The minimum Gasteiger partial charge on any atom is -0.496 e. The fraction of sp³-hybridized carbons (Fsp3) is 0.438. The van der Waals surface area contributed by atoms with E-state index >= 15 is 0 Å². The smallest absolute Gasteiger partial charge is 0.265 e. The van der Waals surface area contributed by atoms with Crippen molar-refractivity contribution < 1.29 is 14.3 Å². The summed E-state index contributed by atoms with van der Waals surface area (Å²) in [7, 11) is 3.04. The number of aromatic nitrogens is 2. The molecule has 1 amide bonds. The monoisotopic (exact) mass is 333 g/mol. The molecule has 0 radical (unpaired) electrons. The van der Waals surface area contributed by atoms with Gasteiger partial charge in [-0.3, -0.25) is 10.1 Å². The molecule has 1 aromatic carbocycles. The second-order valence-electron chi connectivity index (χ2n) is 5.82. The molecule has 0 spiro atoms. The molecule has 1 aliphatic rings. The molecule has 0 unspecified atom stereocenters. The van der Waals surface area contributed by atoms with E-state index in [1.807, 2.05) is 0 Å². The summed E-state index contributed by atoms with van der Waals surface area (Å²) >= 11 is 1.43. The molecule has 2 aromatic rings. The van der Waals surface area contributed by atoms with E-state index in [0.717, 1.165) is 17.8 Å². The van der Waals surface area contributed by atoms with Gasteiger partial charge in [0.2, 0.25) is 5.13 Å². The molecule has 23 heavy (non-hydrogen) atoms. The lowest BCUT2D eigenvalue weighted by Crippen LogP contribution is -2.30. The number of amides is 1. The van der Waals surface area contributed by atoms with Gasteiger partial charge in [0.05, 0.1) is 14.2 Å². The predicted octanol–water partition coefficient (Wildman–Crippen LogP) is 3.25. The van der Waals surface area contributed by atoms with Crippen molar-refractivity contribution in [3.05, 3.63) is 28.8 Å². The highest BCUT2D eigenvalue weighted by atomic mass is 32.1. The quantitative estimate of drug-likeness (QED) is 0.909. The number of hydrogen-bond acceptors (Lipinski definition) is 6. The molecule has 1 aromatic heterocycles. The Morgan fingerprint density at radius 3 is 2.39 bits per heavy atom. The third kappa shape index (κ3) is 2.88. The molecule has 122 valence electrons. The van der Waals surface area contributed by atoms with Crippen LogP contribution in [0.2, 0.25) is 0 Å². The van der Waals surface area contributed by atoms with Gasteiger partial charge in [0.1, 0.15) is 22.1 Å². The second kappa shape index (κ2) is 6.16. The standard InChI is InChI=1S/C16H19N3O3S/c1-16(8-5-9-16)14-18-19-15(23-14)17-13(20)12-10(21-2)6-4-7-11(12)22-3/h4,6-7H,5,8-9H2,1-3H3,(H,17,19,20). The Labute approximate surface area is 138 Å². The number of anilines is 1. The van der Waals surface area contributed by atoms with E-state index in [2.05, 4.69) is 22.4 Å². The van der Waals surface area contributed by atoms with Crippen molar-refractivity contribution in [3.63, 3.8) is 0 Å². The van der Waals surface area contributed by atoms with Crippen LogP contribution < -0.4 is 14.8 Å². The van der Waals surface area contributed by atoms with Crippen LogP contribution in [0.25, 0.3) is 0 Å². The average molecular weight is 333 g/mol. The molecule has 1 fully saturated rings. The van der Waals surface area contributed by atoms with Crippen LogP contribution in [0.15, 0.2) is 18.2 Å². The fourth-order valence-corrected chi connectivity index (χ4v) is 3.61. The van der Waals surface area contributed by atoms with Crippen LogP contribution in [0.1, 0.15) is 41.6 Å². The highest BCUT2D eigenvalue weighted by Gasteiger charge is 2.37. The number of nitrogens with zero attached hydrogens (tertiary/aromatic N) is 2. The Kier molecular flexibility index (Phi) is 4.21. The van der Waals surface area contributed by atoms with Crippen molar-refractivity contribution in [2.24, 2.45) is 0 Å². The van der Waals surface area contributed by atoms with Crippen molar-refractivity contribution >= 4 is 22.4 Å². The maximum atomic E-state index is 12.6. The maximum absolute atomic E-state index is 12.6. The lowest BCUT2D eigenvalue weighted by atomic mass is 9.71. The maximum Gasteiger partial charge on any atom is 0.265 e. The minimum atomic E-state index is -0.319. The van der Waals surface area contributed by atoms with Crippen LogP contribution in [0.3, 0.4) is 0 Å². The molecule has 1 saturated carbocycles. The molecule has 3 rings (SSSR count). The summed E-state index contributed by atoms with van der Waals surface area (Å²) in [6.07, 6.45) is 3.46. The molecular weight excluding hydrogens is 314 g/mol. The van der Waals surface area contributed by atoms with Gasteiger partial charge in [-0.05, 0) is 25.0 Å². The highest BCUT2D eigenvalue weighted by Crippen LogP contribution is 2.44. The number of hydrogen-bond donors (Lipinski definition) is 1. The predicted molar refractivity (Wildman–Crippen MR) is 88.6 cm³/mol.